The number of morpholine rings is 1. The van der Waals surface area contributed by atoms with Crippen molar-refractivity contribution < 1.29 is 9.47 Å². The molecule has 1 aromatic carbocycles. The summed E-state index contributed by atoms with van der Waals surface area (Å²) in [4.78, 5) is 2.30. The fraction of sp³-hybridized carbons (Fsp3) is 0.400. The number of hydrogen-bond donors (Lipinski definition) is 1. The minimum absolute atomic E-state index is 0.632. The average Bonchev–Trinajstić information content (AvgIpc) is 2.87. The van der Waals surface area contributed by atoms with E-state index in [-0.39, 0.29) is 0 Å². The van der Waals surface area contributed by atoms with E-state index < -0.39 is 0 Å². The lowest BCUT2D eigenvalue weighted by molar-refractivity contribution is 0.122. The standard InChI is InChI=1S/C15H20N4O2/c1-18-15(16)13(10-17-18)12-9-11(3-4-14(12)20-2)19-5-7-21-8-6-19/h3-4,9-10H,5-8,16H2,1-2H3. The highest BCUT2D eigenvalue weighted by Gasteiger charge is 2.17. The van der Waals surface area contributed by atoms with E-state index in [2.05, 4.69) is 22.1 Å². The number of aromatic nitrogens is 2. The summed E-state index contributed by atoms with van der Waals surface area (Å²) >= 11 is 0. The van der Waals surface area contributed by atoms with Gasteiger partial charge in [0.05, 0.1) is 26.5 Å². The van der Waals surface area contributed by atoms with Gasteiger partial charge in [-0.1, -0.05) is 0 Å². The van der Waals surface area contributed by atoms with Crippen molar-refractivity contribution in [2.24, 2.45) is 7.05 Å². The molecule has 6 heteroatoms. The van der Waals surface area contributed by atoms with Crippen molar-refractivity contribution in [2.45, 2.75) is 0 Å². The van der Waals surface area contributed by atoms with E-state index in [1.54, 1.807) is 18.0 Å². The molecular weight excluding hydrogens is 268 g/mol. The zero-order chi connectivity index (χ0) is 14.8. The van der Waals surface area contributed by atoms with Crippen molar-refractivity contribution in [1.82, 2.24) is 9.78 Å². The quantitative estimate of drug-likeness (QED) is 0.927. The predicted molar refractivity (Wildman–Crippen MR) is 82.6 cm³/mol. The topological polar surface area (TPSA) is 65.5 Å². The molecule has 112 valence electrons. The van der Waals surface area contributed by atoms with Crippen molar-refractivity contribution in [3.8, 4) is 16.9 Å². The molecule has 0 amide bonds. The number of nitrogen functional groups attached to an aromatic ring is 1. The number of anilines is 2. The Morgan fingerprint density at radius 1 is 1.24 bits per heavy atom. The first-order valence-electron chi connectivity index (χ1n) is 6.99. The van der Waals surface area contributed by atoms with E-state index in [9.17, 15) is 0 Å². The molecule has 0 saturated carbocycles. The summed E-state index contributed by atoms with van der Waals surface area (Å²) in [6.45, 7) is 3.31. The molecule has 0 spiro atoms. The second-order valence-corrected chi connectivity index (χ2v) is 5.05. The molecule has 6 nitrogen and oxygen atoms in total. The smallest absolute Gasteiger partial charge is 0.129 e. The molecule has 2 heterocycles. The molecule has 2 N–H and O–H groups in total. The molecule has 2 aromatic rings. The molecule has 3 rings (SSSR count). The Hall–Kier alpha value is -2.21. The van der Waals surface area contributed by atoms with Crippen LogP contribution in [-0.4, -0.2) is 43.2 Å². The normalized spacial score (nSPS) is 15.2. The monoisotopic (exact) mass is 288 g/mol. The van der Waals surface area contributed by atoms with Gasteiger partial charge in [0, 0.05) is 37.0 Å². The summed E-state index contributed by atoms with van der Waals surface area (Å²) in [5.41, 5.74) is 9.11. The lowest BCUT2D eigenvalue weighted by atomic mass is 10.1. The summed E-state index contributed by atoms with van der Waals surface area (Å²) in [7, 11) is 3.50. The van der Waals surface area contributed by atoms with Gasteiger partial charge < -0.3 is 20.1 Å². The van der Waals surface area contributed by atoms with Crippen LogP contribution in [0.1, 0.15) is 0 Å². The molecular formula is C15H20N4O2. The second kappa shape index (κ2) is 5.65. The molecule has 21 heavy (non-hydrogen) atoms. The number of hydrogen-bond acceptors (Lipinski definition) is 5. The van der Waals surface area contributed by atoms with Crippen LogP contribution < -0.4 is 15.4 Å². The minimum Gasteiger partial charge on any atom is -0.496 e. The third-order valence-corrected chi connectivity index (χ3v) is 3.83. The van der Waals surface area contributed by atoms with E-state index in [0.717, 1.165) is 48.9 Å². The van der Waals surface area contributed by atoms with Gasteiger partial charge in [-0.25, -0.2) is 0 Å². The average molecular weight is 288 g/mol. The van der Waals surface area contributed by atoms with E-state index in [0.29, 0.717) is 5.82 Å². The molecule has 1 saturated heterocycles. The highest BCUT2D eigenvalue weighted by molar-refractivity contribution is 5.81. The van der Waals surface area contributed by atoms with Gasteiger partial charge in [0.1, 0.15) is 11.6 Å². The zero-order valence-corrected chi connectivity index (χ0v) is 12.4. The summed E-state index contributed by atoms with van der Waals surface area (Å²) in [6.07, 6.45) is 1.77. The van der Waals surface area contributed by atoms with Gasteiger partial charge in [0.15, 0.2) is 0 Å². The van der Waals surface area contributed by atoms with Crippen LogP contribution in [0.5, 0.6) is 5.75 Å². The lowest BCUT2D eigenvalue weighted by Gasteiger charge is -2.29. The zero-order valence-electron chi connectivity index (χ0n) is 12.4. The van der Waals surface area contributed by atoms with Gasteiger partial charge >= 0.3 is 0 Å². The minimum atomic E-state index is 0.632. The van der Waals surface area contributed by atoms with Gasteiger partial charge in [-0.3, -0.25) is 4.68 Å². The fourth-order valence-electron chi connectivity index (χ4n) is 2.58. The van der Waals surface area contributed by atoms with Crippen LogP contribution >= 0.6 is 0 Å². The van der Waals surface area contributed by atoms with E-state index in [4.69, 9.17) is 15.2 Å². The first kappa shape index (κ1) is 13.8. The van der Waals surface area contributed by atoms with Gasteiger partial charge in [0.25, 0.3) is 0 Å². The summed E-state index contributed by atoms with van der Waals surface area (Å²) in [6, 6.07) is 6.16. The van der Waals surface area contributed by atoms with E-state index in [1.165, 1.54) is 0 Å². The van der Waals surface area contributed by atoms with Crippen molar-refractivity contribution >= 4 is 11.5 Å². The number of nitrogens with two attached hydrogens (primary N) is 1. The molecule has 0 radical (unpaired) electrons. The molecule has 0 aliphatic carbocycles. The Bertz CT molecular complexity index is 633. The first-order chi connectivity index (χ1) is 10.2. The van der Waals surface area contributed by atoms with Crippen LogP contribution in [0, 0.1) is 0 Å². The third kappa shape index (κ3) is 2.54. The van der Waals surface area contributed by atoms with Crippen molar-refractivity contribution in [2.75, 3.05) is 44.0 Å². The molecule has 0 atom stereocenters. The SMILES string of the molecule is COc1ccc(N2CCOCC2)cc1-c1cnn(C)c1N. The van der Waals surface area contributed by atoms with Crippen LogP contribution in [0.2, 0.25) is 0 Å². The summed E-state index contributed by atoms with van der Waals surface area (Å²) < 4.78 is 12.5. The number of aryl methyl sites for hydroxylation is 1. The van der Waals surface area contributed by atoms with Gasteiger partial charge in [-0.15, -0.1) is 0 Å². The van der Waals surface area contributed by atoms with Crippen molar-refractivity contribution in [3.05, 3.63) is 24.4 Å². The van der Waals surface area contributed by atoms with Crippen molar-refractivity contribution in [1.29, 1.82) is 0 Å². The Labute approximate surface area is 124 Å². The molecule has 1 aromatic heterocycles. The van der Waals surface area contributed by atoms with Crippen LogP contribution in [0.25, 0.3) is 11.1 Å². The molecule has 1 aliphatic heterocycles. The summed E-state index contributed by atoms with van der Waals surface area (Å²) in [5.74, 6) is 1.43. The van der Waals surface area contributed by atoms with Crippen LogP contribution in [0.3, 0.4) is 0 Å². The summed E-state index contributed by atoms with van der Waals surface area (Å²) in [5, 5.41) is 4.21. The third-order valence-electron chi connectivity index (χ3n) is 3.83. The largest absolute Gasteiger partial charge is 0.496 e. The maximum atomic E-state index is 6.10. The lowest BCUT2D eigenvalue weighted by Crippen LogP contribution is -2.36. The van der Waals surface area contributed by atoms with Gasteiger partial charge in [-0.2, -0.15) is 5.10 Å². The number of methoxy groups -OCH3 is 1. The Morgan fingerprint density at radius 3 is 2.62 bits per heavy atom. The number of nitrogens with zero attached hydrogens (tertiary/aromatic N) is 3. The predicted octanol–water partition coefficient (Wildman–Crippen LogP) is 1.51. The van der Waals surface area contributed by atoms with Crippen LogP contribution in [0.15, 0.2) is 24.4 Å². The molecule has 1 fully saturated rings. The molecule has 0 unspecified atom stereocenters. The highest BCUT2D eigenvalue weighted by Crippen LogP contribution is 2.36. The van der Waals surface area contributed by atoms with Crippen LogP contribution in [-0.2, 0) is 11.8 Å². The number of benzene rings is 1. The molecule has 1 aliphatic rings. The fourth-order valence-corrected chi connectivity index (χ4v) is 2.58. The van der Waals surface area contributed by atoms with E-state index in [1.807, 2.05) is 13.1 Å². The van der Waals surface area contributed by atoms with Gasteiger partial charge in [0.2, 0.25) is 0 Å². The Kier molecular flexibility index (Phi) is 3.70. The van der Waals surface area contributed by atoms with Gasteiger partial charge in [-0.05, 0) is 18.2 Å². The Morgan fingerprint density at radius 2 is 2.00 bits per heavy atom. The van der Waals surface area contributed by atoms with Crippen molar-refractivity contribution in [3.63, 3.8) is 0 Å². The van der Waals surface area contributed by atoms with E-state index >= 15 is 0 Å². The maximum Gasteiger partial charge on any atom is 0.129 e. The Balaban J connectivity index is 2.03. The first-order valence-corrected chi connectivity index (χ1v) is 6.99. The molecule has 0 bridgehead atoms. The number of rotatable bonds is 3. The second-order valence-electron chi connectivity index (χ2n) is 5.05. The number of ether oxygens (including phenoxy) is 2. The van der Waals surface area contributed by atoms with Crippen LogP contribution in [0.4, 0.5) is 11.5 Å². The maximum absolute atomic E-state index is 6.10. The highest BCUT2D eigenvalue weighted by atomic mass is 16.5.